The van der Waals surface area contributed by atoms with Gasteiger partial charge in [0.2, 0.25) is 0 Å². The van der Waals surface area contributed by atoms with Gasteiger partial charge in [-0.3, -0.25) is 9.80 Å². The zero-order valence-electron chi connectivity index (χ0n) is 20.0. The first-order chi connectivity index (χ1) is 16.3. The van der Waals surface area contributed by atoms with Gasteiger partial charge in [0.15, 0.2) is 5.96 Å². The molecule has 2 heterocycles. The number of rotatable bonds is 8. The summed E-state index contributed by atoms with van der Waals surface area (Å²) in [7, 11) is 0. The smallest absolute Gasteiger partial charge is 0.191 e. The summed E-state index contributed by atoms with van der Waals surface area (Å²) in [6.07, 6.45) is 2.29. The average Bonchev–Trinajstić information content (AvgIpc) is 2.86. The second kappa shape index (κ2) is 12.7. The molecule has 0 amide bonds. The van der Waals surface area contributed by atoms with Crippen LogP contribution in [-0.2, 0) is 24.4 Å². The molecular formula is C27H39N5O. The molecule has 178 valence electrons. The summed E-state index contributed by atoms with van der Waals surface area (Å²) in [5.74, 6) is 0.931. The van der Waals surface area contributed by atoms with E-state index in [9.17, 15) is 0 Å². The molecule has 6 heteroatoms. The molecule has 0 radical (unpaired) electrons. The van der Waals surface area contributed by atoms with Crippen LogP contribution < -0.4 is 10.6 Å². The van der Waals surface area contributed by atoms with Crippen LogP contribution in [0.3, 0.4) is 0 Å². The zero-order chi connectivity index (χ0) is 22.7. The van der Waals surface area contributed by atoms with E-state index in [1.165, 1.54) is 16.7 Å². The first-order valence-electron chi connectivity index (χ1n) is 12.5. The summed E-state index contributed by atoms with van der Waals surface area (Å²) >= 11 is 0. The fourth-order valence-corrected chi connectivity index (χ4v) is 4.62. The van der Waals surface area contributed by atoms with E-state index >= 15 is 0 Å². The van der Waals surface area contributed by atoms with Crippen molar-refractivity contribution in [3.8, 4) is 0 Å². The topological polar surface area (TPSA) is 52.1 Å². The maximum absolute atomic E-state index is 5.50. The Morgan fingerprint density at radius 1 is 0.879 bits per heavy atom. The van der Waals surface area contributed by atoms with Crippen molar-refractivity contribution in [1.82, 2.24) is 20.4 Å². The molecule has 2 fully saturated rings. The zero-order valence-corrected chi connectivity index (χ0v) is 20.0. The number of ether oxygens (including phenoxy) is 1. The van der Waals surface area contributed by atoms with Crippen LogP contribution in [0.1, 0.15) is 36.5 Å². The average molecular weight is 450 g/mol. The molecular weight excluding hydrogens is 410 g/mol. The third-order valence-corrected chi connectivity index (χ3v) is 6.55. The highest BCUT2D eigenvalue weighted by Crippen LogP contribution is 2.16. The Hall–Kier alpha value is -2.41. The summed E-state index contributed by atoms with van der Waals surface area (Å²) in [6, 6.07) is 20.0. The molecule has 0 aromatic heterocycles. The minimum atomic E-state index is 0.471. The maximum atomic E-state index is 5.50. The number of hydrogen-bond donors (Lipinski definition) is 2. The standard InChI is InChI=1S/C27H39N5O/c1-2-28-27(30-26-12-14-31(15-13-26)21-23-8-4-3-5-9-23)29-20-24-10-6-7-11-25(24)22-32-16-18-33-19-17-32/h3-11,26H,2,12-22H2,1H3,(H2,28,29,30). The van der Waals surface area contributed by atoms with Crippen molar-refractivity contribution < 1.29 is 4.74 Å². The van der Waals surface area contributed by atoms with Crippen LogP contribution in [-0.4, -0.2) is 67.7 Å². The second-order valence-corrected chi connectivity index (χ2v) is 9.03. The van der Waals surface area contributed by atoms with E-state index in [-0.39, 0.29) is 0 Å². The molecule has 0 unspecified atom stereocenters. The van der Waals surface area contributed by atoms with Crippen molar-refractivity contribution in [3.63, 3.8) is 0 Å². The highest BCUT2D eigenvalue weighted by atomic mass is 16.5. The Morgan fingerprint density at radius 2 is 1.55 bits per heavy atom. The molecule has 2 aromatic carbocycles. The number of nitrogens with one attached hydrogen (secondary N) is 2. The van der Waals surface area contributed by atoms with E-state index in [2.05, 4.69) is 82.0 Å². The molecule has 0 atom stereocenters. The fourth-order valence-electron chi connectivity index (χ4n) is 4.62. The number of aliphatic imine (C=N–C) groups is 1. The molecule has 2 aromatic rings. The third kappa shape index (κ3) is 7.56. The van der Waals surface area contributed by atoms with Crippen molar-refractivity contribution in [3.05, 3.63) is 71.3 Å². The number of piperidine rings is 1. The Bertz CT molecular complexity index is 858. The summed E-state index contributed by atoms with van der Waals surface area (Å²) in [5, 5.41) is 7.15. The van der Waals surface area contributed by atoms with E-state index in [1.54, 1.807) is 0 Å². The summed E-state index contributed by atoms with van der Waals surface area (Å²) < 4.78 is 5.50. The van der Waals surface area contributed by atoms with Gasteiger partial charge in [0.1, 0.15) is 0 Å². The molecule has 33 heavy (non-hydrogen) atoms. The minimum Gasteiger partial charge on any atom is -0.379 e. The Kier molecular flexibility index (Phi) is 9.16. The monoisotopic (exact) mass is 449 g/mol. The van der Waals surface area contributed by atoms with Crippen molar-refractivity contribution >= 4 is 5.96 Å². The van der Waals surface area contributed by atoms with Crippen LogP contribution in [0.5, 0.6) is 0 Å². The normalized spacial score (nSPS) is 18.9. The predicted octanol–water partition coefficient (Wildman–Crippen LogP) is 3.24. The van der Waals surface area contributed by atoms with Gasteiger partial charge in [0.05, 0.1) is 19.8 Å². The van der Waals surface area contributed by atoms with Gasteiger partial charge in [-0.2, -0.15) is 0 Å². The minimum absolute atomic E-state index is 0.471. The van der Waals surface area contributed by atoms with Crippen molar-refractivity contribution in [2.45, 2.75) is 45.4 Å². The van der Waals surface area contributed by atoms with Gasteiger partial charge in [-0.25, -0.2) is 4.99 Å². The molecule has 0 aliphatic carbocycles. The largest absolute Gasteiger partial charge is 0.379 e. The Balaban J connectivity index is 1.30. The summed E-state index contributed by atoms with van der Waals surface area (Å²) in [4.78, 5) is 9.98. The highest BCUT2D eigenvalue weighted by Gasteiger charge is 2.20. The van der Waals surface area contributed by atoms with Crippen LogP contribution in [0.15, 0.2) is 59.6 Å². The Labute approximate surface area is 199 Å². The summed E-state index contributed by atoms with van der Waals surface area (Å²) in [5.41, 5.74) is 4.07. The lowest BCUT2D eigenvalue weighted by Crippen LogP contribution is -2.48. The van der Waals surface area contributed by atoms with E-state index < -0.39 is 0 Å². The maximum Gasteiger partial charge on any atom is 0.191 e. The van der Waals surface area contributed by atoms with Gasteiger partial charge in [-0.1, -0.05) is 54.6 Å². The van der Waals surface area contributed by atoms with Gasteiger partial charge < -0.3 is 15.4 Å². The Morgan fingerprint density at radius 3 is 2.27 bits per heavy atom. The van der Waals surface area contributed by atoms with Gasteiger partial charge in [0.25, 0.3) is 0 Å². The molecule has 2 aliphatic heterocycles. The molecule has 0 saturated carbocycles. The summed E-state index contributed by atoms with van der Waals surface area (Å²) in [6.45, 7) is 11.6. The third-order valence-electron chi connectivity index (χ3n) is 6.55. The van der Waals surface area contributed by atoms with Gasteiger partial charge in [-0.15, -0.1) is 0 Å². The van der Waals surface area contributed by atoms with Crippen LogP contribution in [0, 0.1) is 0 Å². The molecule has 4 rings (SSSR count). The number of likely N-dealkylation sites (tertiary alicyclic amines) is 1. The predicted molar refractivity (Wildman–Crippen MR) is 135 cm³/mol. The van der Waals surface area contributed by atoms with Gasteiger partial charge in [0, 0.05) is 51.9 Å². The van der Waals surface area contributed by atoms with Crippen molar-refractivity contribution in [2.75, 3.05) is 45.9 Å². The number of morpholine rings is 1. The number of benzene rings is 2. The first-order valence-corrected chi connectivity index (χ1v) is 12.5. The van der Waals surface area contributed by atoms with Crippen molar-refractivity contribution in [2.24, 2.45) is 4.99 Å². The molecule has 2 N–H and O–H groups in total. The molecule has 0 spiro atoms. The first kappa shape index (κ1) is 23.7. The van der Waals surface area contributed by atoms with Crippen LogP contribution >= 0.6 is 0 Å². The van der Waals surface area contributed by atoms with E-state index in [0.717, 1.165) is 77.8 Å². The van der Waals surface area contributed by atoms with E-state index in [0.29, 0.717) is 12.6 Å². The van der Waals surface area contributed by atoms with Crippen LogP contribution in [0.25, 0.3) is 0 Å². The second-order valence-electron chi connectivity index (χ2n) is 9.03. The van der Waals surface area contributed by atoms with Crippen LogP contribution in [0.2, 0.25) is 0 Å². The number of nitrogens with zero attached hydrogens (tertiary/aromatic N) is 3. The molecule has 0 bridgehead atoms. The SMILES string of the molecule is CCNC(=NCc1ccccc1CN1CCOCC1)NC1CCN(Cc2ccccc2)CC1. The number of guanidine groups is 1. The highest BCUT2D eigenvalue weighted by molar-refractivity contribution is 5.80. The van der Waals surface area contributed by atoms with Gasteiger partial charge in [-0.05, 0) is 36.5 Å². The lowest BCUT2D eigenvalue weighted by molar-refractivity contribution is 0.0341. The lowest BCUT2D eigenvalue weighted by Gasteiger charge is -2.33. The van der Waals surface area contributed by atoms with E-state index in [4.69, 9.17) is 9.73 Å². The van der Waals surface area contributed by atoms with Crippen LogP contribution in [0.4, 0.5) is 0 Å². The van der Waals surface area contributed by atoms with Gasteiger partial charge >= 0.3 is 0 Å². The fraction of sp³-hybridized carbons (Fsp3) is 0.519. The van der Waals surface area contributed by atoms with Crippen molar-refractivity contribution in [1.29, 1.82) is 0 Å². The van der Waals surface area contributed by atoms with E-state index in [1.807, 2.05) is 0 Å². The molecule has 2 aliphatic rings. The molecule has 2 saturated heterocycles. The lowest BCUT2D eigenvalue weighted by atomic mass is 10.0. The number of hydrogen-bond acceptors (Lipinski definition) is 4. The molecule has 6 nitrogen and oxygen atoms in total. The quantitative estimate of drug-likeness (QED) is 0.479.